The van der Waals surface area contributed by atoms with Gasteiger partial charge in [0.1, 0.15) is 0 Å². The molecule has 0 saturated carbocycles. The molecule has 1 N–H and O–H groups in total. The number of sulfonamides is 1. The van der Waals surface area contributed by atoms with Crippen molar-refractivity contribution in [3.05, 3.63) is 77.6 Å². The highest BCUT2D eigenvalue weighted by molar-refractivity contribution is 7.89. The van der Waals surface area contributed by atoms with Gasteiger partial charge in [0, 0.05) is 36.6 Å². The molecule has 5 rings (SSSR count). The molecule has 176 valence electrons. The van der Waals surface area contributed by atoms with Crippen LogP contribution in [0.25, 0.3) is 0 Å². The zero-order valence-electron chi connectivity index (χ0n) is 18.6. The van der Waals surface area contributed by atoms with Gasteiger partial charge in [0.2, 0.25) is 5.09 Å². The molecule has 2 aromatic carbocycles. The van der Waals surface area contributed by atoms with E-state index in [9.17, 15) is 18.0 Å². The molecule has 0 radical (unpaired) electrons. The minimum Gasteiger partial charge on any atom is -0.438 e. The Bertz CT molecular complexity index is 1320. The van der Waals surface area contributed by atoms with Gasteiger partial charge in [-0.15, -0.1) is 0 Å². The number of anilines is 2. The maximum atomic E-state index is 13.0. The van der Waals surface area contributed by atoms with Crippen molar-refractivity contribution in [3.63, 3.8) is 0 Å². The minimum atomic E-state index is -3.75. The summed E-state index contributed by atoms with van der Waals surface area (Å²) in [4.78, 5) is 27.3. The highest BCUT2D eigenvalue weighted by Crippen LogP contribution is 2.29. The van der Waals surface area contributed by atoms with Crippen LogP contribution < -0.4 is 10.2 Å². The fraction of sp³-hybridized carbons (Fsp3) is 0.280. The monoisotopic (exact) mass is 479 g/mol. The van der Waals surface area contributed by atoms with Gasteiger partial charge in [0.15, 0.2) is 5.76 Å². The van der Waals surface area contributed by atoms with Crippen molar-refractivity contribution in [2.75, 3.05) is 29.9 Å². The number of furan rings is 1. The first-order valence-electron chi connectivity index (χ1n) is 11.3. The lowest BCUT2D eigenvalue weighted by Crippen LogP contribution is -2.35. The van der Waals surface area contributed by atoms with E-state index in [2.05, 4.69) is 5.32 Å². The molecular formula is C25H25N3O5S. The second-order valence-corrected chi connectivity index (χ2v) is 10.3. The number of hydrogen-bond acceptors (Lipinski definition) is 5. The predicted molar refractivity (Wildman–Crippen MR) is 128 cm³/mol. The van der Waals surface area contributed by atoms with E-state index in [1.54, 1.807) is 29.2 Å². The summed E-state index contributed by atoms with van der Waals surface area (Å²) in [5.41, 5.74) is 3.07. The van der Waals surface area contributed by atoms with Crippen LogP contribution in [-0.2, 0) is 16.4 Å². The fourth-order valence-electron chi connectivity index (χ4n) is 4.41. The number of carbonyl (C=O) groups is 2. The van der Waals surface area contributed by atoms with Gasteiger partial charge in [-0.25, -0.2) is 8.42 Å². The Balaban J connectivity index is 1.25. The summed E-state index contributed by atoms with van der Waals surface area (Å²) < 4.78 is 32.3. The second-order valence-electron chi connectivity index (χ2n) is 8.45. The van der Waals surface area contributed by atoms with E-state index in [0.29, 0.717) is 30.9 Å². The molecule has 0 unspecified atom stereocenters. The number of para-hydroxylation sites is 1. The first kappa shape index (κ1) is 22.4. The Morgan fingerprint density at radius 2 is 1.59 bits per heavy atom. The van der Waals surface area contributed by atoms with Gasteiger partial charge < -0.3 is 14.6 Å². The van der Waals surface area contributed by atoms with Gasteiger partial charge >= 0.3 is 0 Å². The summed E-state index contributed by atoms with van der Waals surface area (Å²) in [5.74, 6) is -0.751. The maximum Gasteiger partial charge on any atom is 0.291 e. The van der Waals surface area contributed by atoms with Crippen LogP contribution in [0.1, 0.15) is 45.7 Å². The highest BCUT2D eigenvalue weighted by atomic mass is 32.2. The number of piperidine rings is 1. The van der Waals surface area contributed by atoms with Gasteiger partial charge in [-0.2, -0.15) is 4.31 Å². The SMILES string of the molecule is O=C(Nc1ccc(C(=O)N2CCc3ccccc32)cc1)c1ccc(S(=O)(=O)N2CCCCC2)o1. The van der Waals surface area contributed by atoms with Gasteiger partial charge in [-0.3, -0.25) is 9.59 Å². The molecule has 1 aromatic heterocycles. The predicted octanol–water partition coefficient (Wildman–Crippen LogP) is 3.91. The summed E-state index contributed by atoms with van der Waals surface area (Å²) in [6, 6.07) is 17.1. The van der Waals surface area contributed by atoms with Crippen molar-refractivity contribution in [2.24, 2.45) is 0 Å². The van der Waals surface area contributed by atoms with E-state index < -0.39 is 15.9 Å². The number of fused-ring (bicyclic) bond motifs is 1. The smallest absolute Gasteiger partial charge is 0.291 e. The van der Waals surface area contributed by atoms with Crippen LogP contribution in [0.15, 0.2) is 70.2 Å². The Morgan fingerprint density at radius 3 is 2.35 bits per heavy atom. The molecule has 2 amide bonds. The van der Waals surface area contributed by atoms with E-state index in [1.165, 1.54) is 16.4 Å². The fourth-order valence-corrected chi connectivity index (χ4v) is 5.84. The third-order valence-electron chi connectivity index (χ3n) is 6.24. The first-order chi connectivity index (χ1) is 16.4. The molecule has 0 spiro atoms. The lowest BCUT2D eigenvalue weighted by molar-refractivity contribution is 0.0984. The van der Waals surface area contributed by atoms with Gasteiger partial charge in [0.25, 0.3) is 21.8 Å². The summed E-state index contributed by atoms with van der Waals surface area (Å²) >= 11 is 0. The highest BCUT2D eigenvalue weighted by Gasteiger charge is 2.30. The standard InChI is InChI=1S/C25H25N3O5S/c29-24(22-12-13-23(33-22)34(31,32)27-15-4-1-5-16-27)26-20-10-8-19(9-11-20)25(30)28-17-14-18-6-2-3-7-21(18)28/h2-3,6-13H,1,4-5,14-17H2,(H,26,29). The van der Waals surface area contributed by atoms with Crippen molar-refractivity contribution < 1.29 is 22.4 Å². The number of carbonyl (C=O) groups excluding carboxylic acids is 2. The first-order valence-corrected chi connectivity index (χ1v) is 12.8. The van der Waals surface area contributed by atoms with Crippen LogP contribution in [0, 0.1) is 0 Å². The van der Waals surface area contributed by atoms with Crippen LogP contribution in [0.5, 0.6) is 0 Å². The molecule has 0 atom stereocenters. The average Bonchev–Trinajstić information content (AvgIpc) is 3.53. The third-order valence-corrected chi connectivity index (χ3v) is 8.01. The van der Waals surface area contributed by atoms with E-state index >= 15 is 0 Å². The number of rotatable bonds is 5. The Morgan fingerprint density at radius 1 is 0.853 bits per heavy atom. The Hall–Kier alpha value is -3.43. The molecule has 3 heterocycles. The summed E-state index contributed by atoms with van der Waals surface area (Å²) in [7, 11) is -3.75. The van der Waals surface area contributed by atoms with E-state index in [4.69, 9.17) is 4.42 Å². The summed E-state index contributed by atoms with van der Waals surface area (Å²) in [6.07, 6.45) is 3.47. The lowest BCUT2D eigenvalue weighted by atomic mass is 10.1. The minimum absolute atomic E-state index is 0.0931. The zero-order valence-corrected chi connectivity index (χ0v) is 19.4. The second kappa shape index (κ2) is 9.08. The third kappa shape index (κ3) is 4.24. The average molecular weight is 480 g/mol. The molecule has 0 bridgehead atoms. The maximum absolute atomic E-state index is 13.0. The molecule has 34 heavy (non-hydrogen) atoms. The van der Waals surface area contributed by atoms with Crippen molar-refractivity contribution >= 4 is 33.2 Å². The number of hydrogen-bond donors (Lipinski definition) is 1. The largest absolute Gasteiger partial charge is 0.438 e. The Labute approximate surface area is 198 Å². The zero-order chi connectivity index (χ0) is 23.7. The van der Waals surface area contributed by atoms with Crippen LogP contribution in [0.3, 0.4) is 0 Å². The van der Waals surface area contributed by atoms with Gasteiger partial charge in [-0.1, -0.05) is 24.6 Å². The van der Waals surface area contributed by atoms with Crippen LogP contribution >= 0.6 is 0 Å². The number of nitrogens with one attached hydrogen (secondary N) is 1. The molecule has 2 aliphatic heterocycles. The quantitative estimate of drug-likeness (QED) is 0.598. The van der Waals surface area contributed by atoms with Gasteiger partial charge in [-0.05, 0) is 67.3 Å². The lowest BCUT2D eigenvalue weighted by Gasteiger charge is -2.24. The number of benzene rings is 2. The van der Waals surface area contributed by atoms with Crippen molar-refractivity contribution in [2.45, 2.75) is 30.8 Å². The van der Waals surface area contributed by atoms with Crippen molar-refractivity contribution in [3.8, 4) is 0 Å². The number of amides is 2. The normalized spacial score (nSPS) is 16.3. The Kier molecular flexibility index (Phi) is 5.97. The van der Waals surface area contributed by atoms with Gasteiger partial charge in [0.05, 0.1) is 0 Å². The van der Waals surface area contributed by atoms with E-state index in [0.717, 1.165) is 36.9 Å². The van der Waals surface area contributed by atoms with Crippen molar-refractivity contribution in [1.29, 1.82) is 0 Å². The molecule has 2 aliphatic rings. The summed E-state index contributed by atoms with van der Waals surface area (Å²) in [5, 5.41) is 2.46. The van der Waals surface area contributed by atoms with Crippen LogP contribution in [-0.4, -0.2) is 44.2 Å². The molecule has 3 aromatic rings. The molecule has 9 heteroatoms. The van der Waals surface area contributed by atoms with E-state index in [-0.39, 0.29) is 16.8 Å². The van der Waals surface area contributed by atoms with Crippen LogP contribution in [0.2, 0.25) is 0 Å². The van der Waals surface area contributed by atoms with E-state index in [1.807, 2.05) is 24.3 Å². The molecule has 8 nitrogen and oxygen atoms in total. The molecular weight excluding hydrogens is 454 g/mol. The molecule has 0 aliphatic carbocycles. The number of nitrogens with zero attached hydrogens (tertiary/aromatic N) is 2. The van der Waals surface area contributed by atoms with Crippen LogP contribution in [0.4, 0.5) is 11.4 Å². The molecule has 1 fully saturated rings. The summed E-state index contributed by atoms with van der Waals surface area (Å²) in [6.45, 7) is 1.55. The van der Waals surface area contributed by atoms with Crippen molar-refractivity contribution in [1.82, 2.24) is 4.31 Å². The topological polar surface area (TPSA) is 99.9 Å². The molecule has 1 saturated heterocycles.